The first-order chi connectivity index (χ1) is 12.1. The van der Waals surface area contributed by atoms with Crippen molar-refractivity contribution < 1.29 is 19.2 Å². The van der Waals surface area contributed by atoms with Gasteiger partial charge in [-0.1, -0.05) is 46.4 Å². The second-order valence-electron chi connectivity index (χ2n) is 7.18. The lowest BCUT2D eigenvalue weighted by atomic mass is 9.65. The number of ether oxygens (including phenoxy) is 1. The van der Waals surface area contributed by atoms with Crippen molar-refractivity contribution in [2.75, 3.05) is 6.61 Å². The molecular weight excluding hydrogens is 471 g/mol. The van der Waals surface area contributed by atoms with Gasteiger partial charge in [-0.05, 0) is 6.92 Å². The number of carbonyl (C=O) groups is 2. The molecule has 2 unspecified atom stereocenters. The highest BCUT2D eigenvalue weighted by molar-refractivity contribution is 6.65. The Morgan fingerprint density at radius 3 is 1.77 bits per heavy atom. The molecule has 142 valence electrons. The molecule has 0 aromatic rings. The van der Waals surface area contributed by atoms with Gasteiger partial charge in [-0.25, -0.2) is 0 Å². The lowest BCUT2D eigenvalue weighted by molar-refractivity contribution is -0.191. The van der Waals surface area contributed by atoms with Gasteiger partial charge >= 0.3 is 0 Å². The van der Waals surface area contributed by atoms with E-state index in [1.54, 1.807) is 6.92 Å². The average molecular weight is 482 g/mol. The van der Waals surface area contributed by atoms with Crippen LogP contribution in [0.5, 0.6) is 0 Å². The molecule has 3 heterocycles. The van der Waals surface area contributed by atoms with E-state index in [-0.39, 0.29) is 16.7 Å². The Morgan fingerprint density at radius 1 is 0.962 bits per heavy atom. The minimum Gasteiger partial charge on any atom is -0.373 e. The van der Waals surface area contributed by atoms with Crippen molar-refractivity contribution in [2.45, 2.75) is 33.2 Å². The number of fused-ring (bicyclic) bond motifs is 12. The van der Waals surface area contributed by atoms with Crippen LogP contribution in [0.25, 0.3) is 0 Å². The molecule has 0 spiro atoms. The van der Waals surface area contributed by atoms with Crippen molar-refractivity contribution >= 4 is 81.4 Å². The molecule has 3 aliphatic heterocycles. The number of hydroxylamine groups is 2. The third-order valence-electron chi connectivity index (χ3n) is 6.40. The topological polar surface area (TPSA) is 55.8 Å². The summed E-state index contributed by atoms with van der Waals surface area (Å²) in [7, 11) is 0. The van der Waals surface area contributed by atoms with Gasteiger partial charge < -0.3 is 4.74 Å². The maximum atomic E-state index is 12.8. The van der Waals surface area contributed by atoms with Crippen LogP contribution < -0.4 is 0 Å². The molecular formula is C15H11Cl6NO4. The molecule has 4 fully saturated rings. The normalized spacial score (nSPS) is 53.1. The number of amides is 2. The minimum atomic E-state index is -1.71. The molecule has 3 saturated heterocycles. The number of carbonyl (C=O) groups excluding carboxylic acids is 2. The molecule has 5 nitrogen and oxygen atoms in total. The molecule has 0 aromatic heterocycles. The summed E-state index contributed by atoms with van der Waals surface area (Å²) in [5, 5.41) is 0.940. The predicted octanol–water partition coefficient (Wildman–Crippen LogP) is 3.40. The third-order valence-corrected chi connectivity index (χ3v) is 10.7. The number of nitrogens with zero attached hydrogens (tertiary/aromatic N) is 1. The zero-order chi connectivity index (χ0) is 19.0. The molecule has 2 aliphatic carbocycles. The second kappa shape index (κ2) is 5.17. The predicted molar refractivity (Wildman–Crippen MR) is 96.4 cm³/mol. The number of rotatable bonds is 2. The standard InChI is InChI=1S/C15H11Cl6NO4/c1-2-25-22-11(23)3-4(12(22)24)8-6-5(7(3)26-8)13(18)9(16)10(17)14(6,19)15(13,20)21/h3-8H,2H2,1H3/t3-,4+,5+,6?,7-,8+,13+,14?/m0/s1. The van der Waals surface area contributed by atoms with Crippen molar-refractivity contribution in [3.63, 3.8) is 0 Å². The van der Waals surface area contributed by atoms with Crippen LogP contribution in [0.4, 0.5) is 0 Å². The van der Waals surface area contributed by atoms with Crippen molar-refractivity contribution in [1.29, 1.82) is 0 Å². The first-order valence-corrected chi connectivity index (χ1v) is 10.3. The summed E-state index contributed by atoms with van der Waals surface area (Å²) in [6.45, 7) is 1.87. The highest BCUT2D eigenvalue weighted by Crippen LogP contribution is 2.81. The van der Waals surface area contributed by atoms with E-state index in [4.69, 9.17) is 79.2 Å². The van der Waals surface area contributed by atoms with Crippen LogP contribution >= 0.6 is 69.6 Å². The maximum absolute atomic E-state index is 12.8. The summed E-state index contributed by atoms with van der Waals surface area (Å²) in [5.41, 5.74) is 0. The quantitative estimate of drug-likeness (QED) is 0.448. The van der Waals surface area contributed by atoms with Gasteiger partial charge in [0.1, 0.15) is 9.75 Å². The van der Waals surface area contributed by atoms with Gasteiger partial charge in [0.2, 0.25) is 0 Å². The lowest BCUT2D eigenvalue weighted by Crippen LogP contribution is -2.50. The highest BCUT2D eigenvalue weighted by Gasteiger charge is 2.90. The molecule has 8 atom stereocenters. The van der Waals surface area contributed by atoms with Crippen LogP contribution in [0.1, 0.15) is 6.92 Å². The maximum Gasteiger partial charge on any atom is 0.260 e. The minimum absolute atomic E-state index is 0.0632. The Hall–Kier alpha value is 0.540. The fourth-order valence-corrected chi connectivity index (χ4v) is 8.59. The smallest absolute Gasteiger partial charge is 0.260 e. The van der Waals surface area contributed by atoms with Gasteiger partial charge in [-0.3, -0.25) is 14.4 Å². The molecule has 5 aliphatic rings. The van der Waals surface area contributed by atoms with Gasteiger partial charge in [0.15, 0.2) is 4.33 Å². The van der Waals surface area contributed by atoms with Gasteiger partial charge in [-0.2, -0.15) is 5.06 Å². The number of halogens is 6. The number of hydrogen-bond acceptors (Lipinski definition) is 4. The Morgan fingerprint density at radius 2 is 1.38 bits per heavy atom. The molecule has 0 N–H and O–H groups in total. The van der Waals surface area contributed by atoms with Crippen LogP contribution in [0, 0.1) is 23.7 Å². The van der Waals surface area contributed by atoms with Crippen molar-refractivity contribution in [1.82, 2.24) is 5.06 Å². The molecule has 0 radical (unpaired) electrons. The molecule has 26 heavy (non-hydrogen) atoms. The summed E-state index contributed by atoms with van der Waals surface area (Å²) in [6.07, 6.45) is -1.41. The first kappa shape index (κ1) is 18.6. The van der Waals surface area contributed by atoms with E-state index >= 15 is 0 Å². The lowest BCUT2D eigenvalue weighted by Gasteiger charge is -2.39. The van der Waals surface area contributed by atoms with E-state index < -0.39 is 61.8 Å². The zero-order valence-electron chi connectivity index (χ0n) is 13.0. The van der Waals surface area contributed by atoms with Gasteiger partial charge in [0.05, 0.1) is 40.7 Å². The van der Waals surface area contributed by atoms with Crippen LogP contribution in [-0.4, -0.2) is 49.8 Å². The molecule has 1 saturated carbocycles. The number of allylic oxidation sites excluding steroid dienone is 2. The third kappa shape index (κ3) is 1.55. The fourth-order valence-electron chi connectivity index (χ4n) is 5.53. The average Bonchev–Trinajstić information content (AvgIpc) is 3.28. The Bertz CT molecular complexity index is 745. The Labute approximate surface area is 178 Å². The van der Waals surface area contributed by atoms with Crippen molar-refractivity contribution in [3.05, 3.63) is 10.1 Å². The Kier molecular flexibility index (Phi) is 3.69. The van der Waals surface area contributed by atoms with Crippen LogP contribution in [0.3, 0.4) is 0 Å². The molecule has 5 rings (SSSR count). The van der Waals surface area contributed by atoms with E-state index in [0.29, 0.717) is 0 Å². The SMILES string of the molecule is CCON1C(=O)[C@@H]2[C@@H]3O[C@@H](C4[C@H]3[C@@]3(Cl)C(Cl)=C(Cl)C4(Cl)C3(Cl)Cl)[C@@H]2C1=O. The summed E-state index contributed by atoms with van der Waals surface area (Å²) in [5.74, 6) is -3.50. The van der Waals surface area contributed by atoms with E-state index in [9.17, 15) is 9.59 Å². The van der Waals surface area contributed by atoms with E-state index in [1.165, 1.54) is 0 Å². The van der Waals surface area contributed by atoms with Gasteiger partial charge in [0.25, 0.3) is 11.8 Å². The summed E-state index contributed by atoms with van der Waals surface area (Å²) in [4.78, 5) is 27.7. The molecule has 4 bridgehead atoms. The molecule has 0 aromatic carbocycles. The number of alkyl halides is 4. The number of hydrogen-bond donors (Lipinski definition) is 0. The summed E-state index contributed by atoms with van der Waals surface area (Å²) >= 11 is 39.7. The van der Waals surface area contributed by atoms with Crippen LogP contribution in [0.15, 0.2) is 10.1 Å². The molecule has 11 heteroatoms. The highest BCUT2D eigenvalue weighted by atomic mass is 35.5. The molecule has 2 amide bonds. The zero-order valence-corrected chi connectivity index (χ0v) is 17.6. The van der Waals surface area contributed by atoms with Gasteiger partial charge in [0, 0.05) is 11.8 Å². The number of imide groups is 1. The Balaban J connectivity index is 1.66. The van der Waals surface area contributed by atoms with Crippen molar-refractivity contribution in [3.8, 4) is 0 Å². The monoisotopic (exact) mass is 479 g/mol. The van der Waals surface area contributed by atoms with Crippen molar-refractivity contribution in [2.24, 2.45) is 23.7 Å². The van der Waals surface area contributed by atoms with E-state index in [2.05, 4.69) is 0 Å². The van der Waals surface area contributed by atoms with E-state index in [1.807, 2.05) is 0 Å². The first-order valence-electron chi connectivity index (χ1n) is 8.04. The largest absolute Gasteiger partial charge is 0.373 e. The van der Waals surface area contributed by atoms with Crippen LogP contribution in [0.2, 0.25) is 0 Å². The van der Waals surface area contributed by atoms with Gasteiger partial charge in [-0.15, -0.1) is 23.2 Å². The summed E-state index contributed by atoms with van der Waals surface area (Å²) < 4.78 is 4.31. The van der Waals surface area contributed by atoms with Crippen LogP contribution in [-0.2, 0) is 19.2 Å². The second-order valence-corrected chi connectivity index (χ2v) is 10.5. The summed E-state index contributed by atoms with van der Waals surface area (Å²) in [6, 6.07) is 0. The van der Waals surface area contributed by atoms with E-state index in [0.717, 1.165) is 5.06 Å². The fraction of sp³-hybridized carbons (Fsp3) is 0.733.